The number of nitrogens with one attached hydrogen (secondary N) is 1. The molecular weight excluding hydrogens is 239 g/mol. The SMILES string of the molecule is Cc1cccc(NC(C)CC(F)(F)F)c1Cl. The Kier molecular flexibility index (Phi) is 4.08. The quantitative estimate of drug-likeness (QED) is 0.840. The highest BCUT2D eigenvalue weighted by Gasteiger charge is 2.30. The normalized spacial score (nSPS) is 13.6. The summed E-state index contributed by atoms with van der Waals surface area (Å²) in [5.74, 6) is 0. The van der Waals surface area contributed by atoms with Gasteiger partial charge < -0.3 is 5.32 Å². The predicted molar refractivity (Wildman–Crippen MR) is 59.9 cm³/mol. The van der Waals surface area contributed by atoms with Crippen molar-refractivity contribution in [2.45, 2.75) is 32.5 Å². The lowest BCUT2D eigenvalue weighted by Crippen LogP contribution is -2.24. The van der Waals surface area contributed by atoms with Crippen LogP contribution in [0.15, 0.2) is 18.2 Å². The van der Waals surface area contributed by atoms with Gasteiger partial charge in [0.05, 0.1) is 17.1 Å². The zero-order valence-corrected chi connectivity index (χ0v) is 9.78. The van der Waals surface area contributed by atoms with E-state index in [1.807, 2.05) is 13.0 Å². The van der Waals surface area contributed by atoms with Crippen LogP contribution in [0.1, 0.15) is 18.9 Å². The minimum absolute atomic E-state index is 0.469. The van der Waals surface area contributed by atoms with E-state index in [1.54, 1.807) is 12.1 Å². The molecule has 16 heavy (non-hydrogen) atoms. The summed E-state index contributed by atoms with van der Waals surface area (Å²) in [7, 11) is 0. The monoisotopic (exact) mass is 251 g/mol. The van der Waals surface area contributed by atoms with Crippen molar-refractivity contribution in [2.75, 3.05) is 5.32 Å². The van der Waals surface area contributed by atoms with Crippen LogP contribution in [0.25, 0.3) is 0 Å². The molecule has 0 fully saturated rings. The molecule has 0 saturated heterocycles. The summed E-state index contributed by atoms with van der Waals surface area (Å²) in [6.07, 6.45) is -5.04. The van der Waals surface area contributed by atoms with Gasteiger partial charge in [0.15, 0.2) is 0 Å². The van der Waals surface area contributed by atoms with Crippen molar-refractivity contribution >= 4 is 17.3 Å². The molecule has 0 saturated carbocycles. The van der Waals surface area contributed by atoms with Crippen LogP contribution in [0.5, 0.6) is 0 Å². The average Bonchev–Trinajstić information content (AvgIpc) is 2.09. The van der Waals surface area contributed by atoms with E-state index in [0.29, 0.717) is 10.7 Å². The third-order valence-corrected chi connectivity index (χ3v) is 2.63. The first-order valence-corrected chi connectivity index (χ1v) is 5.26. The van der Waals surface area contributed by atoms with Crippen molar-refractivity contribution < 1.29 is 13.2 Å². The summed E-state index contributed by atoms with van der Waals surface area (Å²) in [6.45, 7) is 3.29. The van der Waals surface area contributed by atoms with Gasteiger partial charge in [-0.3, -0.25) is 0 Å². The van der Waals surface area contributed by atoms with Crippen LogP contribution in [-0.4, -0.2) is 12.2 Å². The van der Waals surface area contributed by atoms with Gasteiger partial charge in [0, 0.05) is 6.04 Å². The molecule has 1 aromatic carbocycles. The summed E-state index contributed by atoms with van der Waals surface area (Å²) < 4.78 is 36.3. The van der Waals surface area contributed by atoms with E-state index in [1.165, 1.54) is 6.92 Å². The molecule has 0 bridgehead atoms. The summed E-state index contributed by atoms with van der Waals surface area (Å²) in [5.41, 5.74) is 1.38. The van der Waals surface area contributed by atoms with Gasteiger partial charge in [-0.1, -0.05) is 23.7 Å². The van der Waals surface area contributed by atoms with Crippen molar-refractivity contribution in [3.05, 3.63) is 28.8 Å². The Morgan fingerprint density at radius 2 is 2.00 bits per heavy atom. The minimum Gasteiger partial charge on any atom is -0.381 e. The number of aryl methyl sites for hydroxylation is 1. The molecule has 5 heteroatoms. The van der Waals surface area contributed by atoms with Crippen LogP contribution >= 0.6 is 11.6 Å². The Morgan fingerprint density at radius 1 is 1.38 bits per heavy atom. The second-order valence-corrected chi connectivity index (χ2v) is 4.18. The summed E-state index contributed by atoms with van der Waals surface area (Å²) in [5, 5.41) is 3.22. The van der Waals surface area contributed by atoms with E-state index in [4.69, 9.17) is 11.6 Å². The maximum absolute atomic E-state index is 12.1. The van der Waals surface area contributed by atoms with Gasteiger partial charge in [-0.15, -0.1) is 0 Å². The molecular formula is C11H13ClF3N. The highest BCUT2D eigenvalue weighted by Crippen LogP contribution is 2.28. The van der Waals surface area contributed by atoms with Crippen molar-refractivity contribution in [3.63, 3.8) is 0 Å². The highest BCUT2D eigenvalue weighted by molar-refractivity contribution is 6.34. The predicted octanol–water partition coefficient (Wildman–Crippen LogP) is 4.40. The number of benzene rings is 1. The van der Waals surface area contributed by atoms with E-state index in [9.17, 15) is 13.2 Å². The lowest BCUT2D eigenvalue weighted by atomic mass is 10.2. The summed E-state index contributed by atoms with van der Waals surface area (Å²) in [4.78, 5) is 0. The standard InChI is InChI=1S/C11H13ClF3N/c1-7-4-3-5-9(10(7)12)16-8(2)6-11(13,14)15/h3-5,8,16H,6H2,1-2H3. The fraction of sp³-hybridized carbons (Fsp3) is 0.455. The molecule has 0 aromatic heterocycles. The smallest absolute Gasteiger partial charge is 0.381 e. The molecule has 1 atom stereocenters. The maximum Gasteiger partial charge on any atom is 0.391 e. The lowest BCUT2D eigenvalue weighted by molar-refractivity contribution is -0.136. The number of hydrogen-bond acceptors (Lipinski definition) is 1. The van der Waals surface area contributed by atoms with Crippen LogP contribution in [-0.2, 0) is 0 Å². The molecule has 0 radical (unpaired) electrons. The second-order valence-electron chi connectivity index (χ2n) is 3.80. The van der Waals surface area contributed by atoms with Crippen molar-refractivity contribution in [3.8, 4) is 0 Å². The maximum atomic E-state index is 12.1. The van der Waals surface area contributed by atoms with Crippen molar-refractivity contribution in [1.29, 1.82) is 0 Å². The molecule has 1 aromatic rings. The highest BCUT2D eigenvalue weighted by atomic mass is 35.5. The molecule has 0 aliphatic heterocycles. The van der Waals surface area contributed by atoms with Crippen LogP contribution < -0.4 is 5.32 Å². The summed E-state index contributed by atoms with van der Waals surface area (Å²) in [6, 6.07) is 4.54. The first-order chi connectivity index (χ1) is 7.29. The summed E-state index contributed by atoms with van der Waals surface area (Å²) >= 11 is 5.96. The van der Waals surface area contributed by atoms with Gasteiger partial charge >= 0.3 is 6.18 Å². The second kappa shape index (κ2) is 4.95. The lowest BCUT2D eigenvalue weighted by Gasteiger charge is -2.18. The Balaban J connectivity index is 2.70. The van der Waals surface area contributed by atoms with E-state index in [2.05, 4.69) is 5.32 Å². The zero-order valence-electron chi connectivity index (χ0n) is 9.03. The van der Waals surface area contributed by atoms with Crippen LogP contribution in [0.4, 0.5) is 18.9 Å². The average molecular weight is 252 g/mol. The Morgan fingerprint density at radius 3 is 2.56 bits per heavy atom. The number of hydrogen-bond donors (Lipinski definition) is 1. The molecule has 90 valence electrons. The van der Waals surface area contributed by atoms with Gasteiger partial charge in [-0.25, -0.2) is 0 Å². The molecule has 0 amide bonds. The van der Waals surface area contributed by atoms with Crippen molar-refractivity contribution in [1.82, 2.24) is 0 Å². The van der Waals surface area contributed by atoms with Gasteiger partial charge in [-0.2, -0.15) is 13.2 Å². The van der Waals surface area contributed by atoms with Crippen LogP contribution in [0, 0.1) is 6.92 Å². The van der Waals surface area contributed by atoms with Crippen molar-refractivity contribution in [2.24, 2.45) is 0 Å². The Hall–Kier alpha value is -0.900. The van der Waals surface area contributed by atoms with Gasteiger partial charge in [-0.05, 0) is 25.5 Å². The number of rotatable bonds is 3. The number of halogens is 4. The largest absolute Gasteiger partial charge is 0.391 e. The van der Waals surface area contributed by atoms with Gasteiger partial charge in [0.25, 0.3) is 0 Å². The van der Waals surface area contributed by atoms with Crippen LogP contribution in [0.2, 0.25) is 5.02 Å². The topological polar surface area (TPSA) is 12.0 Å². The van der Waals surface area contributed by atoms with Crippen LogP contribution in [0.3, 0.4) is 0 Å². The molecule has 0 spiro atoms. The molecule has 0 heterocycles. The van der Waals surface area contributed by atoms with E-state index in [-0.39, 0.29) is 0 Å². The van der Waals surface area contributed by atoms with E-state index in [0.717, 1.165) is 5.56 Å². The first-order valence-electron chi connectivity index (χ1n) is 4.88. The van der Waals surface area contributed by atoms with E-state index >= 15 is 0 Å². The third-order valence-electron chi connectivity index (χ3n) is 2.13. The molecule has 1 nitrogen and oxygen atoms in total. The molecule has 1 N–H and O–H groups in total. The number of alkyl halides is 3. The molecule has 1 unspecified atom stereocenters. The number of anilines is 1. The molecule has 1 rings (SSSR count). The van der Waals surface area contributed by atoms with E-state index < -0.39 is 18.6 Å². The zero-order chi connectivity index (χ0) is 12.3. The van der Waals surface area contributed by atoms with Gasteiger partial charge in [0.1, 0.15) is 0 Å². The fourth-order valence-corrected chi connectivity index (χ4v) is 1.60. The fourth-order valence-electron chi connectivity index (χ4n) is 1.42. The third kappa shape index (κ3) is 3.93. The van der Waals surface area contributed by atoms with Gasteiger partial charge in [0.2, 0.25) is 0 Å². The Bertz CT molecular complexity index is 363. The Labute approximate surface area is 97.6 Å². The molecule has 0 aliphatic carbocycles. The minimum atomic E-state index is -4.16. The molecule has 0 aliphatic rings. The first kappa shape index (κ1) is 13.2.